The fourth-order valence-electron chi connectivity index (χ4n) is 2.09. The van der Waals surface area contributed by atoms with E-state index >= 15 is 0 Å². The number of carbonyl (C=O) groups is 2. The highest BCUT2D eigenvalue weighted by molar-refractivity contribution is 5.94. The van der Waals surface area contributed by atoms with E-state index in [9.17, 15) is 9.59 Å². The molecule has 0 spiro atoms. The van der Waals surface area contributed by atoms with Crippen molar-refractivity contribution in [3.63, 3.8) is 0 Å². The Labute approximate surface area is 127 Å². The molecule has 0 atom stereocenters. The van der Waals surface area contributed by atoms with E-state index in [1.54, 1.807) is 13.0 Å². The molecule has 1 heterocycles. The second-order valence-electron chi connectivity index (χ2n) is 5.48. The summed E-state index contributed by atoms with van der Waals surface area (Å²) in [4.78, 5) is 23.6. The molecule has 1 fully saturated rings. The van der Waals surface area contributed by atoms with Crippen LogP contribution < -0.4 is 10.6 Å². The van der Waals surface area contributed by atoms with Gasteiger partial charge in [-0.05, 0) is 37.5 Å². The Morgan fingerprint density at radius 2 is 2.14 bits per heavy atom. The van der Waals surface area contributed by atoms with Crippen LogP contribution >= 0.6 is 0 Å². The minimum Gasteiger partial charge on any atom is -0.351 e. The lowest BCUT2D eigenvalue weighted by atomic mass is 10.2. The first-order chi connectivity index (χ1) is 10.6. The van der Waals surface area contributed by atoms with Crippen LogP contribution in [0.25, 0.3) is 0 Å². The molecule has 1 aromatic carbocycles. The first-order valence-electron chi connectivity index (χ1n) is 7.23. The minimum atomic E-state index is -0.312. The second-order valence-corrected chi connectivity index (χ2v) is 5.48. The van der Waals surface area contributed by atoms with Gasteiger partial charge in [-0.15, -0.1) is 0 Å². The molecule has 0 radical (unpaired) electrons. The van der Waals surface area contributed by atoms with E-state index in [2.05, 4.69) is 15.8 Å². The van der Waals surface area contributed by atoms with Crippen molar-refractivity contribution < 1.29 is 14.1 Å². The lowest BCUT2D eigenvalue weighted by Gasteiger charge is -2.07. The van der Waals surface area contributed by atoms with Crippen LogP contribution in [0.3, 0.4) is 0 Å². The van der Waals surface area contributed by atoms with Crippen molar-refractivity contribution in [1.82, 2.24) is 10.5 Å². The zero-order chi connectivity index (χ0) is 15.5. The summed E-state index contributed by atoms with van der Waals surface area (Å²) >= 11 is 0. The fourth-order valence-corrected chi connectivity index (χ4v) is 2.09. The number of carbonyl (C=O) groups excluding carboxylic acids is 2. The van der Waals surface area contributed by atoms with Crippen LogP contribution in [0, 0.1) is 12.8 Å². The Hall–Kier alpha value is -2.63. The molecule has 2 amide bonds. The number of amides is 2. The molecule has 0 saturated heterocycles. The van der Waals surface area contributed by atoms with Crippen molar-refractivity contribution in [2.75, 3.05) is 5.32 Å². The molecule has 1 aliphatic carbocycles. The van der Waals surface area contributed by atoms with Gasteiger partial charge in [0.15, 0.2) is 0 Å². The molecule has 0 bridgehead atoms. The van der Waals surface area contributed by atoms with Crippen molar-refractivity contribution in [1.29, 1.82) is 0 Å². The first kappa shape index (κ1) is 14.3. The second kappa shape index (κ2) is 6.01. The third-order valence-corrected chi connectivity index (χ3v) is 3.45. The standard InChI is InChI=1S/C16H17N3O3/c1-10-7-14(22-19-10)16(21)17-9-11-3-2-4-13(8-11)18-15(20)12-5-6-12/h2-4,7-8,12H,5-6,9H2,1H3,(H,17,21)(H,18,20). The molecule has 6 nitrogen and oxygen atoms in total. The number of hydrogen-bond donors (Lipinski definition) is 2. The minimum absolute atomic E-state index is 0.0679. The Bertz CT molecular complexity index is 704. The van der Waals surface area contributed by atoms with E-state index in [0.717, 1.165) is 24.1 Å². The first-order valence-corrected chi connectivity index (χ1v) is 7.23. The van der Waals surface area contributed by atoms with Crippen LogP contribution in [-0.4, -0.2) is 17.0 Å². The van der Waals surface area contributed by atoms with E-state index in [1.807, 2.05) is 24.3 Å². The third-order valence-electron chi connectivity index (χ3n) is 3.45. The predicted molar refractivity (Wildman–Crippen MR) is 80.2 cm³/mol. The average molecular weight is 299 g/mol. The fraction of sp³-hybridized carbons (Fsp3) is 0.312. The molecule has 6 heteroatoms. The van der Waals surface area contributed by atoms with Gasteiger partial charge in [0, 0.05) is 24.2 Å². The normalized spacial score (nSPS) is 13.7. The van der Waals surface area contributed by atoms with E-state index in [-0.39, 0.29) is 23.5 Å². The Balaban J connectivity index is 1.58. The molecular weight excluding hydrogens is 282 g/mol. The van der Waals surface area contributed by atoms with Crippen molar-refractivity contribution in [2.24, 2.45) is 5.92 Å². The van der Waals surface area contributed by atoms with Crippen LogP contribution in [0.4, 0.5) is 5.69 Å². The van der Waals surface area contributed by atoms with Crippen LogP contribution in [0.15, 0.2) is 34.9 Å². The SMILES string of the molecule is Cc1cc(C(=O)NCc2cccc(NC(=O)C3CC3)c2)on1. The molecule has 1 aliphatic rings. The van der Waals surface area contributed by atoms with Gasteiger partial charge < -0.3 is 15.2 Å². The number of rotatable bonds is 5. The smallest absolute Gasteiger partial charge is 0.290 e. The number of benzene rings is 1. The molecule has 1 saturated carbocycles. The van der Waals surface area contributed by atoms with Gasteiger partial charge in [0.05, 0.1) is 5.69 Å². The van der Waals surface area contributed by atoms with Crippen molar-refractivity contribution in [3.05, 3.63) is 47.3 Å². The Kier molecular flexibility index (Phi) is 3.91. The van der Waals surface area contributed by atoms with E-state index in [1.165, 1.54) is 0 Å². The van der Waals surface area contributed by atoms with Gasteiger partial charge in [-0.2, -0.15) is 0 Å². The molecule has 3 rings (SSSR count). The maximum atomic E-state index is 11.9. The lowest BCUT2D eigenvalue weighted by molar-refractivity contribution is -0.117. The van der Waals surface area contributed by atoms with E-state index < -0.39 is 0 Å². The summed E-state index contributed by atoms with van der Waals surface area (Å²) in [5.41, 5.74) is 2.31. The van der Waals surface area contributed by atoms with Crippen LogP contribution in [0.2, 0.25) is 0 Å². The summed E-state index contributed by atoms with van der Waals surface area (Å²) in [5.74, 6) is 0.111. The summed E-state index contributed by atoms with van der Waals surface area (Å²) in [6, 6.07) is 9.01. The molecule has 0 aliphatic heterocycles. The highest BCUT2D eigenvalue weighted by Gasteiger charge is 2.29. The van der Waals surface area contributed by atoms with Gasteiger partial charge in [-0.3, -0.25) is 9.59 Å². The van der Waals surface area contributed by atoms with Crippen LogP contribution in [-0.2, 0) is 11.3 Å². The van der Waals surface area contributed by atoms with Gasteiger partial charge in [0.25, 0.3) is 5.91 Å². The molecule has 1 aromatic heterocycles. The zero-order valence-corrected chi connectivity index (χ0v) is 12.3. The summed E-state index contributed by atoms with van der Waals surface area (Å²) in [5, 5.41) is 9.32. The highest BCUT2D eigenvalue weighted by atomic mass is 16.5. The van der Waals surface area contributed by atoms with Crippen molar-refractivity contribution in [2.45, 2.75) is 26.3 Å². The summed E-state index contributed by atoms with van der Waals surface area (Å²) in [6.45, 7) is 2.11. The largest absolute Gasteiger partial charge is 0.351 e. The van der Waals surface area contributed by atoms with Gasteiger partial charge in [-0.1, -0.05) is 17.3 Å². The molecule has 0 unspecified atom stereocenters. The number of hydrogen-bond acceptors (Lipinski definition) is 4. The van der Waals surface area contributed by atoms with Crippen molar-refractivity contribution >= 4 is 17.5 Å². The Morgan fingerprint density at radius 3 is 2.82 bits per heavy atom. The number of anilines is 1. The van der Waals surface area contributed by atoms with Crippen LogP contribution in [0.5, 0.6) is 0 Å². The third kappa shape index (κ3) is 3.52. The van der Waals surface area contributed by atoms with Gasteiger partial charge in [0.1, 0.15) is 0 Å². The quantitative estimate of drug-likeness (QED) is 0.887. The van der Waals surface area contributed by atoms with Crippen molar-refractivity contribution in [3.8, 4) is 0 Å². The average Bonchev–Trinajstić information content (AvgIpc) is 3.27. The Morgan fingerprint density at radius 1 is 1.32 bits per heavy atom. The molecule has 114 valence electrons. The molecule has 2 aromatic rings. The topological polar surface area (TPSA) is 84.2 Å². The van der Waals surface area contributed by atoms with E-state index in [0.29, 0.717) is 12.2 Å². The highest BCUT2D eigenvalue weighted by Crippen LogP contribution is 2.30. The number of nitrogens with one attached hydrogen (secondary N) is 2. The predicted octanol–water partition coefficient (Wildman–Crippen LogP) is 2.26. The molecule has 2 N–H and O–H groups in total. The number of nitrogens with zero attached hydrogens (tertiary/aromatic N) is 1. The maximum Gasteiger partial charge on any atom is 0.290 e. The van der Waals surface area contributed by atoms with Crippen LogP contribution in [0.1, 0.15) is 34.7 Å². The lowest BCUT2D eigenvalue weighted by Crippen LogP contribution is -2.22. The summed E-state index contributed by atoms with van der Waals surface area (Å²) in [7, 11) is 0. The van der Waals surface area contributed by atoms with Gasteiger partial charge >= 0.3 is 0 Å². The maximum absolute atomic E-state index is 11.9. The summed E-state index contributed by atoms with van der Waals surface area (Å²) in [6.07, 6.45) is 1.94. The number of aromatic nitrogens is 1. The molecular formula is C16H17N3O3. The molecule has 22 heavy (non-hydrogen) atoms. The van der Waals surface area contributed by atoms with Gasteiger partial charge in [0.2, 0.25) is 11.7 Å². The monoisotopic (exact) mass is 299 g/mol. The number of aryl methyl sites for hydroxylation is 1. The van der Waals surface area contributed by atoms with Gasteiger partial charge in [-0.25, -0.2) is 0 Å². The summed E-state index contributed by atoms with van der Waals surface area (Å²) < 4.78 is 4.91. The van der Waals surface area contributed by atoms with E-state index in [4.69, 9.17) is 4.52 Å². The zero-order valence-electron chi connectivity index (χ0n) is 12.3.